The van der Waals surface area contributed by atoms with Gasteiger partial charge in [0.1, 0.15) is 0 Å². The van der Waals surface area contributed by atoms with Crippen LogP contribution in [0.15, 0.2) is 18.2 Å². The summed E-state index contributed by atoms with van der Waals surface area (Å²) in [4.78, 5) is 0. The van der Waals surface area contributed by atoms with Crippen molar-refractivity contribution in [3.8, 4) is 5.75 Å². The Morgan fingerprint density at radius 1 is 0.840 bits per heavy atom. The Morgan fingerprint density at radius 3 is 1.80 bits per heavy atom. The minimum atomic E-state index is -2.34. The molecule has 1 aromatic carbocycles. The van der Waals surface area contributed by atoms with Gasteiger partial charge in [-0.2, -0.15) is 0 Å². The van der Waals surface area contributed by atoms with Gasteiger partial charge in [-0.05, 0) is 0 Å². The Hall–Kier alpha value is -0.181. The summed E-state index contributed by atoms with van der Waals surface area (Å²) in [6.07, 6.45) is 8.25. The summed E-state index contributed by atoms with van der Waals surface area (Å²) < 4.78 is 12.4. The third-order valence-electron chi connectivity index (χ3n) is 5.27. The molecule has 0 unspecified atom stereocenters. The fourth-order valence-electron chi connectivity index (χ4n) is 3.75. The fraction of sp³-hybridized carbons (Fsp3) is 0.739. The van der Waals surface area contributed by atoms with Crippen molar-refractivity contribution in [2.24, 2.45) is 5.92 Å². The van der Waals surface area contributed by atoms with E-state index in [0.29, 0.717) is 5.92 Å². The maximum atomic E-state index is 6.13. The molecule has 1 aromatic rings. The second-order valence-corrected chi connectivity index (χ2v) is 21.6. The Morgan fingerprint density at radius 2 is 1.36 bits per heavy atom. The van der Waals surface area contributed by atoms with Crippen LogP contribution in [0.1, 0.15) is 78.7 Å². The van der Waals surface area contributed by atoms with Crippen molar-refractivity contribution in [2.45, 2.75) is 93.4 Å². The molecule has 0 atom stereocenters. The molecule has 1 nitrogen and oxygen atoms in total. The van der Waals surface area contributed by atoms with Crippen molar-refractivity contribution >= 4 is 22.0 Å². The standard InChI is InChI=1S/C11H15O.3C4H9.Sn/c1-9(2)8-12-11-6-4-5-10(3)7-11;3*1-3-4-2;/h5-7,9H,8H2,1-3H3;3*1,3-4H2,2H3;. The predicted molar refractivity (Wildman–Crippen MR) is 116 cm³/mol. The Kier molecular flexibility index (Phi) is 11.2. The normalized spacial score (nSPS) is 12.0. The fourth-order valence-corrected chi connectivity index (χ4v) is 20.0. The number of ether oxygens (including phenoxy) is 1. The number of hydrogen-bond acceptors (Lipinski definition) is 1. The van der Waals surface area contributed by atoms with Gasteiger partial charge in [0.05, 0.1) is 0 Å². The molecule has 0 spiro atoms. The van der Waals surface area contributed by atoms with E-state index in [9.17, 15) is 0 Å². The first kappa shape index (κ1) is 22.9. The zero-order valence-corrected chi connectivity index (χ0v) is 20.6. The van der Waals surface area contributed by atoms with Crippen LogP contribution in [0.4, 0.5) is 0 Å². The Balaban J connectivity index is 3.19. The Labute approximate surface area is 161 Å². The van der Waals surface area contributed by atoms with Crippen molar-refractivity contribution < 1.29 is 4.74 Å². The molecular formula is C23H42OSn. The van der Waals surface area contributed by atoms with E-state index in [1.807, 2.05) is 0 Å². The summed E-state index contributed by atoms with van der Waals surface area (Å²) in [5.74, 6) is 1.70. The van der Waals surface area contributed by atoms with Gasteiger partial charge >= 0.3 is 162 Å². The summed E-state index contributed by atoms with van der Waals surface area (Å²) in [7, 11) is 0. The molecule has 0 aliphatic rings. The molecule has 1 rings (SSSR count). The number of benzene rings is 1. The molecule has 2 heteroatoms. The average molecular weight is 453 g/mol. The van der Waals surface area contributed by atoms with Gasteiger partial charge in [-0.15, -0.1) is 0 Å². The van der Waals surface area contributed by atoms with Crippen molar-refractivity contribution in [1.82, 2.24) is 0 Å². The molecule has 25 heavy (non-hydrogen) atoms. The predicted octanol–water partition coefficient (Wildman–Crippen LogP) is 7.09. The quantitative estimate of drug-likeness (QED) is 0.290. The van der Waals surface area contributed by atoms with E-state index in [2.05, 4.69) is 59.7 Å². The van der Waals surface area contributed by atoms with E-state index < -0.39 is 18.4 Å². The van der Waals surface area contributed by atoms with Gasteiger partial charge < -0.3 is 0 Å². The van der Waals surface area contributed by atoms with Crippen LogP contribution in [0.2, 0.25) is 13.3 Å². The monoisotopic (exact) mass is 454 g/mol. The molecule has 0 bridgehead atoms. The van der Waals surface area contributed by atoms with Gasteiger partial charge in [0, 0.05) is 0 Å². The van der Waals surface area contributed by atoms with Gasteiger partial charge in [0.2, 0.25) is 0 Å². The van der Waals surface area contributed by atoms with Crippen LogP contribution < -0.4 is 8.32 Å². The SMILES string of the molecule is CCC[CH2][Sn]([CH2]CCC)([CH2]CCC)[c]1cc(C)cc(OCC(C)C)c1. The number of rotatable bonds is 13. The second kappa shape index (κ2) is 12.2. The van der Waals surface area contributed by atoms with E-state index in [1.165, 1.54) is 57.4 Å². The number of hydrogen-bond donors (Lipinski definition) is 0. The first-order chi connectivity index (χ1) is 12.0. The molecule has 0 saturated carbocycles. The molecule has 0 saturated heterocycles. The van der Waals surface area contributed by atoms with E-state index >= 15 is 0 Å². The first-order valence-electron chi connectivity index (χ1n) is 10.7. The van der Waals surface area contributed by atoms with E-state index in [4.69, 9.17) is 4.74 Å². The van der Waals surface area contributed by atoms with Gasteiger partial charge in [0.15, 0.2) is 0 Å². The molecule has 0 N–H and O–H groups in total. The number of unbranched alkanes of at least 4 members (excludes halogenated alkanes) is 3. The molecular weight excluding hydrogens is 411 g/mol. The molecule has 0 aromatic heterocycles. The average Bonchev–Trinajstić information content (AvgIpc) is 2.59. The van der Waals surface area contributed by atoms with E-state index in [-0.39, 0.29) is 0 Å². The van der Waals surface area contributed by atoms with Gasteiger partial charge in [-0.3, -0.25) is 0 Å². The molecule has 144 valence electrons. The summed E-state index contributed by atoms with van der Waals surface area (Å²) in [6, 6.07) is 7.22. The molecule has 0 heterocycles. The van der Waals surface area contributed by atoms with E-state index in [1.54, 1.807) is 3.58 Å². The van der Waals surface area contributed by atoms with Crippen molar-refractivity contribution in [2.75, 3.05) is 6.61 Å². The van der Waals surface area contributed by atoms with Crippen LogP contribution in [0.3, 0.4) is 0 Å². The van der Waals surface area contributed by atoms with Gasteiger partial charge in [-0.25, -0.2) is 0 Å². The summed E-state index contributed by atoms with van der Waals surface area (Å²) in [5, 5.41) is 0. The minimum absolute atomic E-state index is 0.581. The molecule has 0 aliphatic carbocycles. The van der Waals surface area contributed by atoms with Crippen LogP contribution in [-0.4, -0.2) is 25.0 Å². The topological polar surface area (TPSA) is 9.23 Å². The van der Waals surface area contributed by atoms with Crippen molar-refractivity contribution in [3.63, 3.8) is 0 Å². The third kappa shape index (κ3) is 7.93. The van der Waals surface area contributed by atoms with Gasteiger partial charge in [-0.1, -0.05) is 0 Å². The van der Waals surface area contributed by atoms with Crippen LogP contribution in [0.5, 0.6) is 5.75 Å². The summed E-state index contributed by atoms with van der Waals surface area (Å²) >= 11 is -2.34. The zero-order chi connectivity index (χ0) is 18.7. The maximum absolute atomic E-state index is 6.13. The third-order valence-corrected chi connectivity index (χ3v) is 20.8. The number of aryl methyl sites for hydroxylation is 1. The Bertz CT molecular complexity index is 459. The molecule has 0 aliphatic heterocycles. The zero-order valence-electron chi connectivity index (χ0n) is 17.8. The molecule has 0 amide bonds. The molecule has 0 radical (unpaired) electrons. The van der Waals surface area contributed by atoms with Crippen LogP contribution >= 0.6 is 0 Å². The first-order valence-corrected chi connectivity index (χ1v) is 18.2. The van der Waals surface area contributed by atoms with Crippen molar-refractivity contribution in [3.05, 3.63) is 23.8 Å². The summed E-state index contributed by atoms with van der Waals surface area (Å²) in [5.41, 5.74) is 1.39. The summed E-state index contributed by atoms with van der Waals surface area (Å²) in [6.45, 7) is 14.6. The second-order valence-electron chi connectivity index (χ2n) is 8.33. The van der Waals surface area contributed by atoms with Crippen LogP contribution in [0, 0.1) is 12.8 Å². The van der Waals surface area contributed by atoms with Gasteiger partial charge in [0.25, 0.3) is 0 Å². The van der Waals surface area contributed by atoms with Crippen LogP contribution in [-0.2, 0) is 0 Å². The molecule has 0 fully saturated rings. The van der Waals surface area contributed by atoms with Crippen molar-refractivity contribution in [1.29, 1.82) is 0 Å². The van der Waals surface area contributed by atoms with E-state index in [0.717, 1.165) is 12.4 Å². The van der Waals surface area contributed by atoms with Crippen LogP contribution in [0.25, 0.3) is 0 Å².